The van der Waals surface area contributed by atoms with Crippen LogP contribution in [0.1, 0.15) is 16.7 Å². The van der Waals surface area contributed by atoms with E-state index in [0.29, 0.717) is 5.75 Å². The first-order valence-corrected chi connectivity index (χ1v) is 7.01. The lowest BCUT2D eigenvalue weighted by atomic mass is 10.1. The number of benzene rings is 2. The number of aromatic nitrogens is 1. The maximum Gasteiger partial charge on any atom is 0.121 e. The molecule has 3 rings (SSSR count). The minimum absolute atomic E-state index is 0.384. The van der Waals surface area contributed by atoms with E-state index < -0.39 is 0 Å². The Balaban J connectivity index is 1.87. The maximum atomic E-state index is 9.83. The van der Waals surface area contributed by atoms with Gasteiger partial charge in [-0.15, -0.1) is 0 Å². The number of pyridine rings is 1. The summed E-state index contributed by atoms with van der Waals surface area (Å²) < 4.78 is 0. The molecule has 3 nitrogen and oxygen atoms in total. The maximum absolute atomic E-state index is 9.83. The topological polar surface area (TPSA) is 45.2 Å². The average Bonchev–Trinajstić information content (AvgIpc) is 2.50. The molecule has 0 bridgehead atoms. The largest absolute Gasteiger partial charge is 0.507 e. The molecule has 2 aromatic carbocycles. The Labute approximate surface area is 124 Å². The van der Waals surface area contributed by atoms with Crippen molar-refractivity contribution >= 4 is 16.5 Å². The summed E-state index contributed by atoms with van der Waals surface area (Å²) >= 11 is 0. The van der Waals surface area contributed by atoms with Crippen molar-refractivity contribution < 1.29 is 5.11 Å². The lowest BCUT2D eigenvalue weighted by Gasteiger charge is -2.12. The van der Waals surface area contributed by atoms with Gasteiger partial charge in [0.2, 0.25) is 0 Å². The van der Waals surface area contributed by atoms with Gasteiger partial charge in [-0.3, -0.25) is 4.98 Å². The van der Waals surface area contributed by atoms with E-state index in [4.69, 9.17) is 0 Å². The molecule has 1 heterocycles. The van der Waals surface area contributed by atoms with Crippen LogP contribution in [0.25, 0.3) is 10.8 Å². The Morgan fingerprint density at radius 2 is 1.86 bits per heavy atom. The smallest absolute Gasteiger partial charge is 0.121 e. The van der Waals surface area contributed by atoms with Crippen LogP contribution in [0.15, 0.2) is 48.8 Å². The number of aromatic hydroxyl groups is 1. The molecule has 0 aliphatic heterocycles. The van der Waals surface area contributed by atoms with E-state index >= 15 is 0 Å². The minimum atomic E-state index is 0.384. The first-order chi connectivity index (χ1) is 10.1. The molecule has 0 aliphatic rings. The summed E-state index contributed by atoms with van der Waals surface area (Å²) in [5.74, 6) is 0.384. The fraction of sp³-hybridized carbons (Fsp3) is 0.167. The van der Waals surface area contributed by atoms with Crippen molar-refractivity contribution in [3.05, 3.63) is 65.5 Å². The first kappa shape index (κ1) is 13.4. The minimum Gasteiger partial charge on any atom is -0.507 e. The number of hydrogen-bond acceptors (Lipinski definition) is 3. The van der Waals surface area contributed by atoms with Gasteiger partial charge in [0.25, 0.3) is 0 Å². The van der Waals surface area contributed by atoms with Crippen molar-refractivity contribution in [2.75, 3.05) is 5.32 Å². The van der Waals surface area contributed by atoms with Gasteiger partial charge < -0.3 is 10.4 Å². The van der Waals surface area contributed by atoms with Gasteiger partial charge in [0, 0.05) is 35.4 Å². The Morgan fingerprint density at radius 1 is 1.10 bits per heavy atom. The third kappa shape index (κ3) is 2.68. The van der Waals surface area contributed by atoms with E-state index in [9.17, 15) is 5.11 Å². The second-order valence-electron chi connectivity index (χ2n) is 5.33. The zero-order valence-corrected chi connectivity index (χ0v) is 12.2. The molecule has 0 aliphatic carbocycles. The fourth-order valence-corrected chi connectivity index (χ4v) is 2.62. The van der Waals surface area contributed by atoms with Crippen LogP contribution in [0, 0.1) is 13.8 Å². The SMILES string of the molecule is Cc1cc(CNc2cccc3cnccc23)cc(C)c1O. The number of nitrogens with zero attached hydrogens (tertiary/aromatic N) is 1. The number of rotatable bonds is 3. The summed E-state index contributed by atoms with van der Waals surface area (Å²) in [6.45, 7) is 4.58. The van der Waals surface area contributed by atoms with E-state index in [1.165, 1.54) is 5.39 Å². The molecule has 1 aromatic heterocycles. The summed E-state index contributed by atoms with van der Waals surface area (Å²) in [7, 11) is 0. The first-order valence-electron chi connectivity index (χ1n) is 7.01. The van der Waals surface area contributed by atoms with E-state index in [1.54, 1.807) is 0 Å². The van der Waals surface area contributed by atoms with Gasteiger partial charge >= 0.3 is 0 Å². The van der Waals surface area contributed by atoms with Crippen LogP contribution in [-0.4, -0.2) is 10.1 Å². The Kier molecular flexibility index (Phi) is 3.48. The van der Waals surface area contributed by atoms with Crippen LogP contribution < -0.4 is 5.32 Å². The van der Waals surface area contributed by atoms with Crippen LogP contribution in [0.5, 0.6) is 5.75 Å². The van der Waals surface area contributed by atoms with E-state index in [1.807, 2.05) is 50.5 Å². The van der Waals surface area contributed by atoms with Crippen LogP contribution in [0.4, 0.5) is 5.69 Å². The zero-order chi connectivity index (χ0) is 14.8. The fourth-order valence-electron chi connectivity index (χ4n) is 2.62. The number of phenolic OH excluding ortho intramolecular Hbond substituents is 1. The molecule has 0 saturated carbocycles. The highest BCUT2D eigenvalue weighted by Gasteiger charge is 2.04. The monoisotopic (exact) mass is 278 g/mol. The molecule has 3 heteroatoms. The summed E-state index contributed by atoms with van der Waals surface area (Å²) in [5, 5.41) is 15.6. The van der Waals surface area contributed by atoms with E-state index in [0.717, 1.165) is 34.3 Å². The molecule has 3 aromatic rings. The van der Waals surface area contributed by atoms with Crippen LogP contribution in [-0.2, 0) is 6.54 Å². The second kappa shape index (κ2) is 5.44. The van der Waals surface area contributed by atoms with Crippen LogP contribution in [0.3, 0.4) is 0 Å². The summed E-state index contributed by atoms with van der Waals surface area (Å²) in [5.41, 5.74) is 4.08. The molecule has 0 atom stereocenters. The molecule has 21 heavy (non-hydrogen) atoms. The number of nitrogens with one attached hydrogen (secondary N) is 1. The number of fused-ring (bicyclic) bond motifs is 1. The standard InChI is InChI=1S/C18H18N2O/c1-12-8-14(9-13(2)18(12)21)10-20-17-5-3-4-15-11-19-7-6-16(15)17/h3-9,11,20-21H,10H2,1-2H3. The molecular formula is C18H18N2O. The molecular weight excluding hydrogens is 260 g/mol. The van der Waals surface area contributed by atoms with E-state index in [-0.39, 0.29) is 0 Å². The molecule has 2 N–H and O–H groups in total. The van der Waals surface area contributed by atoms with Crippen molar-refractivity contribution in [2.24, 2.45) is 0 Å². The summed E-state index contributed by atoms with van der Waals surface area (Å²) in [4.78, 5) is 4.15. The predicted octanol–water partition coefficient (Wildman–Crippen LogP) is 4.17. The van der Waals surface area contributed by atoms with Crippen LogP contribution >= 0.6 is 0 Å². The number of anilines is 1. The van der Waals surface area contributed by atoms with E-state index in [2.05, 4.69) is 22.4 Å². The third-order valence-electron chi connectivity index (χ3n) is 3.71. The van der Waals surface area contributed by atoms with Gasteiger partial charge in [-0.05, 0) is 42.7 Å². The highest BCUT2D eigenvalue weighted by Crippen LogP contribution is 2.25. The van der Waals surface area contributed by atoms with Gasteiger partial charge in [0.15, 0.2) is 0 Å². The quantitative estimate of drug-likeness (QED) is 0.755. The van der Waals surface area contributed by atoms with Crippen molar-refractivity contribution in [1.82, 2.24) is 4.98 Å². The van der Waals surface area contributed by atoms with Crippen molar-refractivity contribution in [1.29, 1.82) is 0 Å². The molecule has 0 fully saturated rings. The summed E-state index contributed by atoms with van der Waals surface area (Å²) in [6, 6.07) is 12.2. The van der Waals surface area contributed by atoms with Gasteiger partial charge in [0.1, 0.15) is 5.75 Å². The Hall–Kier alpha value is -2.55. The Bertz CT molecular complexity index is 768. The lowest BCUT2D eigenvalue weighted by Crippen LogP contribution is -2.01. The second-order valence-corrected chi connectivity index (χ2v) is 5.33. The zero-order valence-electron chi connectivity index (χ0n) is 12.2. The molecule has 106 valence electrons. The highest BCUT2D eigenvalue weighted by atomic mass is 16.3. The predicted molar refractivity (Wildman–Crippen MR) is 86.7 cm³/mol. The number of hydrogen-bond donors (Lipinski definition) is 2. The average molecular weight is 278 g/mol. The normalized spacial score (nSPS) is 10.8. The Morgan fingerprint density at radius 3 is 2.62 bits per heavy atom. The summed E-state index contributed by atoms with van der Waals surface area (Å²) in [6.07, 6.45) is 3.68. The van der Waals surface area contributed by atoms with Crippen molar-refractivity contribution in [2.45, 2.75) is 20.4 Å². The van der Waals surface area contributed by atoms with Crippen molar-refractivity contribution in [3.63, 3.8) is 0 Å². The van der Waals surface area contributed by atoms with Gasteiger partial charge in [-0.25, -0.2) is 0 Å². The van der Waals surface area contributed by atoms with Crippen molar-refractivity contribution in [3.8, 4) is 5.75 Å². The van der Waals surface area contributed by atoms with Gasteiger partial charge in [0.05, 0.1) is 0 Å². The third-order valence-corrected chi connectivity index (χ3v) is 3.71. The molecule has 0 spiro atoms. The highest BCUT2D eigenvalue weighted by molar-refractivity contribution is 5.93. The molecule has 0 amide bonds. The van der Waals surface area contributed by atoms with Crippen LogP contribution in [0.2, 0.25) is 0 Å². The molecule has 0 saturated heterocycles. The molecule has 0 unspecified atom stereocenters. The lowest BCUT2D eigenvalue weighted by molar-refractivity contribution is 0.466. The van der Waals surface area contributed by atoms with Gasteiger partial charge in [-0.2, -0.15) is 0 Å². The van der Waals surface area contributed by atoms with Gasteiger partial charge in [-0.1, -0.05) is 24.3 Å². The number of aryl methyl sites for hydroxylation is 2. The molecule has 0 radical (unpaired) electrons. The number of phenols is 1.